The highest BCUT2D eigenvalue weighted by molar-refractivity contribution is 5.92. The highest BCUT2D eigenvalue weighted by atomic mass is 19.1. The maximum atomic E-state index is 14.9. The van der Waals surface area contributed by atoms with Crippen LogP contribution in [0.25, 0.3) is 22.2 Å². The third-order valence-corrected chi connectivity index (χ3v) is 5.71. The molecule has 2 unspecified atom stereocenters. The Morgan fingerprint density at radius 1 is 1.24 bits per heavy atom. The molecule has 1 aliphatic rings. The van der Waals surface area contributed by atoms with Gasteiger partial charge in [0.2, 0.25) is 12.3 Å². The van der Waals surface area contributed by atoms with Crippen molar-refractivity contribution < 1.29 is 27.5 Å². The average Bonchev–Trinajstić information content (AvgIpc) is 3.35. The third-order valence-electron chi connectivity index (χ3n) is 5.71. The normalized spacial score (nSPS) is 17.7. The van der Waals surface area contributed by atoms with Gasteiger partial charge in [0.05, 0.1) is 11.6 Å². The molecule has 3 N–H and O–H groups in total. The van der Waals surface area contributed by atoms with Gasteiger partial charge in [-0.2, -0.15) is 0 Å². The number of aromatic amines is 1. The Labute approximate surface area is 188 Å². The lowest BCUT2D eigenvalue weighted by atomic mass is 9.95. The number of hydrogen-bond acceptors (Lipinski definition) is 4. The first-order chi connectivity index (χ1) is 15.9. The molecule has 1 amide bonds. The molecule has 3 atom stereocenters. The smallest absolute Gasteiger partial charge is 0.237 e. The van der Waals surface area contributed by atoms with Gasteiger partial charge in [-0.1, -0.05) is 0 Å². The van der Waals surface area contributed by atoms with Crippen molar-refractivity contribution in [1.82, 2.24) is 15.6 Å². The lowest BCUT2D eigenvalue weighted by Gasteiger charge is -2.16. The van der Waals surface area contributed by atoms with Crippen molar-refractivity contribution in [2.75, 3.05) is 13.1 Å². The Kier molecular flexibility index (Phi) is 6.69. The summed E-state index contributed by atoms with van der Waals surface area (Å²) < 4.78 is 46.8. The molecule has 0 radical (unpaired) electrons. The van der Waals surface area contributed by atoms with E-state index in [1.54, 1.807) is 12.1 Å². The minimum absolute atomic E-state index is 0.0179. The van der Waals surface area contributed by atoms with E-state index in [-0.39, 0.29) is 36.2 Å². The van der Waals surface area contributed by atoms with Gasteiger partial charge in [-0.25, -0.2) is 13.2 Å². The SMILES string of the molecule is CC(F)Oc1cc(F)c2[nH]c(-c3ccc(F)cc3)c(CC(C=O)CN[C@H]3CCNC3=O)c2c1. The van der Waals surface area contributed by atoms with Crippen molar-refractivity contribution in [3.05, 3.63) is 53.6 Å². The Morgan fingerprint density at radius 2 is 2.00 bits per heavy atom. The van der Waals surface area contributed by atoms with Crippen LogP contribution in [0.15, 0.2) is 36.4 Å². The van der Waals surface area contributed by atoms with Crippen molar-refractivity contribution in [1.29, 1.82) is 0 Å². The molecule has 1 saturated heterocycles. The fourth-order valence-electron chi connectivity index (χ4n) is 4.13. The van der Waals surface area contributed by atoms with Gasteiger partial charge < -0.3 is 25.1 Å². The van der Waals surface area contributed by atoms with Gasteiger partial charge in [0.1, 0.15) is 17.9 Å². The Bertz CT molecular complexity index is 1160. The number of fused-ring (bicyclic) bond motifs is 1. The molecule has 6 nitrogen and oxygen atoms in total. The highest BCUT2D eigenvalue weighted by Gasteiger charge is 2.26. The number of H-pyrrole nitrogens is 1. The number of aromatic nitrogens is 1. The molecule has 0 bridgehead atoms. The summed E-state index contributed by atoms with van der Waals surface area (Å²) in [6, 6.07) is 7.93. The zero-order valence-electron chi connectivity index (χ0n) is 18.0. The molecule has 174 valence electrons. The first kappa shape index (κ1) is 22.8. The summed E-state index contributed by atoms with van der Waals surface area (Å²) in [5, 5.41) is 6.28. The second-order valence-corrected chi connectivity index (χ2v) is 8.11. The van der Waals surface area contributed by atoms with Gasteiger partial charge in [0, 0.05) is 43.1 Å². The minimum atomic E-state index is -1.63. The molecule has 2 aromatic carbocycles. The maximum absolute atomic E-state index is 14.9. The zero-order chi connectivity index (χ0) is 23.5. The van der Waals surface area contributed by atoms with E-state index >= 15 is 0 Å². The number of carbonyl (C=O) groups is 2. The van der Waals surface area contributed by atoms with E-state index in [1.807, 2.05) is 0 Å². The number of nitrogens with one attached hydrogen (secondary N) is 3. The molecule has 0 aliphatic carbocycles. The molecule has 1 aromatic heterocycles. The number of hydrogen-bond donors (Lipinski definition) is 3. The molecule has 9 heteroatoms. The first-order valence-electron chi connectivity index (χ1n) is 10.7. The number of rotatable bonds is 9. The Morgan fingerprint density at radius 3 is 2.64 bits per heavy atom. The van der Waals surface area contributed by atoms with Crippen LogP contribution in [0.1, 0.15) is 18.9 Å². The molecule has 0 saturated carbocycles. The Hall–Kier alpha value is -3.33. The second-order valence-electron chi connectivity index (χ2n) is 8.11. The fraction of sp³-hybridized carbons (Fsp3) is 0.333. The highest BCUT2D eigenvalue weighted by Crippen LogP contribution is 2.36. The number of benzene rings is 2. The van der Waals surface area contributed by atoms with E-state index in [0.717, 1.165) is 12.4 Å². The number of alkyl halides is 1. The van der Waals surface area contributed by atoms with Crippen LogP contribution in [0.4, 0.5) is 13.2 Å². The van der Waals surface area contributed by atoms with E-state index in [0.29, 0.717) is 35.2 Å². The summed E-state index contributed by atoms with van der Waals surface area (Å²) in [7, 11) is 0. The standard InChI is InChI=1S/C24H24F3N3O3/c1-13(25)33-17-9-19-18(8-14(12-31)11-29-21-6-7-28-24(21)32)22(30-23(19)20(27)10-17)15-2-4-16(26)5-3-15/h2-5,9-10,12-14,21,29-30H,6-8,11H2,1H3,(H,28,32)/t13?,14?,21-/m0/s1. The zero-order valence-corrected chi connectivity index (χ0v) is 18.0. The lowest BCUT2D eigenvalue weighted by molar-refractivity contribution is -0.121. The molecule has 33 heavy (non-hydrogen) atoms. The lowest BCUT2D eigenvalue weighted by Crippen LogP contribution is -2.39. The van der Waals surface area contributed by atoms with Crippen LogP contribution >= 0.6 is 0 Å². The predicted molar refractivity (Wildman–Crippen MR) is 118 cm³/mol. The van der Waals surface area contributed by atoms with E-state index in [9.17, 15) is 22.8 Å². The first-order valence-corrected chi connectivity index (χ1v) is 10.7. The maximum Gasteiger partial charge on any atom is 0.237 e. The van der Waals surface area contributed by atoms with E-state index in [4.69, 9.17) is 4.74 Å². The summed E-state index contributed by atoms with van der Waals surface area (Å²) in [4.78, 5) is 26.7. The van der Waals surface area contributed by atoms with Gasteiger partial charge >= 0.3 is 0 Å². The summed E-state index contributed by atoms with van der Waals surface area (Å²) in [6.45, 7) is 2.02. The molecule has 2 heterocycles. The van der Waals surface area contributed by atoms with Crippen molar-refractivity contribution in [3.63, 3.8) is 0 Å². The molecule has 1 aliphatic heterocycles. The number of carbonyl (C=O) groups excluding carboxylic acids is 2. The van der Waals surface area contributed by atoms with Crippen LogP contribution in [0.2, 0.25) is 0 Å². The Balaban J connectivity index is 1.72. The number of halogens is 3. The van der Waals surface area contributed by atoms with E-state index in [2.05, 4.69) is 15.6 Å². The molecular weight excluding hydrogens is 435 g/mol. The van der Waals surface area contributed by atoms with E-state index in [1.165, 1.54) is 25.1 Å². The monoisotopic (exact) mass is 459 g/mol. The van der Waals surface area contributed by atoms with Crippen LogP contribution < -0.4 is 15.4 Å². The number of amides is 1. The van der Waals surface area contributed by atoms with Crippen LogP contribution in [0, 0.1) is 17.6 Å². The third kappa shape index (κ3) is 5.03. The fourth-order valence-corrected chi connectivity index (χ4v) is 4.13. The van der Waals surface area contributed by atoms with E-state index < -0.39 is 23.9 Å². The van der Waals surface area contributed by atoms with Crippen LogP contribution in [0.3, 0.4) is 0 Å². The second kappa shape index (κ2) is 9.66. The summed E-state index contributed by atoms with van der Waals surface area (Å²) >= 11 is 0. The van der Waals surface area contributed by atoms with Crippen molar-refractivity contribution in [2.45, 2.75) is 32.2 Å². The van der Waals surface area contributed by atoms with Gasteiger partial charge in [0.25, 0.3) is 0 Å². The van der Waals surface area contributed by atoms with Crippen LogP contribution in [-0.4, -0.2) is 42.7 Å². The van der Waals surface area contributed by atoms with Crippen molar-refractivity contribution in [2.24, 2.45) is 5.92 Å². The molecule has 4 rings (SSSR count). The van der Waals surface area contributed by atoms with Crippen molar-refractivity contribution >= 4 is 23.1 Å². The summed E-state index contributed by atoms with van der Waals surface area (Å²) in [6.07, 6.45) is -0.00428. The molecule has 3 aromatic rings. The molecular formula is C24H24F3N3O3. The topological polar surface area (TPSA) is 83.2 Å². The van der Waals surface area contributed by atoms with Gasteiger partial charge in [-0.15, -0.1) is 0 Å². The number of aldehydes is 1. The predicted octanol–water partition coefficient (Wildman–Crippen LogP) is 3.64. The average molecular weight is 459 g/mol. The largest absolute Gasteiger partial charge is 0.461 e. The number of ether oxygens (including phenoxy) is 1. The molecule has 1 fully saturated rings. The quantitative estimate of drug-likeness (QED) is 0.427. The van der Waals surface area contributed by atoms with Gasteiger partial charge in [-0.05, 0) is 54.3 Å². The summed E-state index contributed by atoms with van der Waals surface area (Å²) in [5.41, 5.74) is 1.93. The van der Waals surface area contributed by atoms with Crippen molar-refractivity contribution in [3.8, 4) is 17.0 Å². The van der Waals surface area contributed by atoms with Gasteiger partial charge in [0.15, 0.2) is 5.82 Å². The van der Waals surface area contributed by atoms with Crippen LogP contribution in [0.5, 0.6) is 5.75 Å². The minimum Gasteiger partial charge on any atom is -0.461 e. The van der Waals surface area contributed by atoms with Gasteiger partial charge in [-0.3, -0.25) is 4.79 Å². The molecule has 0 spiro atoms. The van der Waals surface area contributed by atoms with Crippen LogP contribution in [-0.2, 0) is 16.0 Å². The summed E-state index contributed by atoms with van der Waals surface area (Å²) in [5.74, 6) is -1.67.